The van der Waals surface area contributed by atoms with Crippen molar-refractivity contribution in [2.45, 2.75) is 38.1 Å². The molecule has 0 spiro atoms. The van der Waals surface area contributed by atoms with Gasteiger partial charge in [0.1, 0.15) is 5.69 Å². The molecule has 2 fully saturated rings. The van der Waals surface area contributed by atoms with Crippen molar-refractivity contribution in [3.63, 3.8) is 0 Å². The first-order valence-electron chi connectivity index (χ1n) is 9.08. The smallest absolute Gasteiger partial charge is 0.322 e. The molecule has 1 aromatic carbocycles. The van der Waals surface area contributed by atoms with Gasteiger partial charge in [-0.1, -0.05) is 12.8 Å². The van der Waals surface area contributed by atoms with Crippen molar-refractivity contribution in [2.75, 3.05) is 18.9 Å². The minimum atomic E-state index is -0.151. The van der Waals surface area contributed by atoms with Gasteiger partial charge in [-0.25, -0.2) is 4.79 Å². The van der Waals surface area contributed by atoms with Crippen LogP contribution in [0, 0.1) is 5.92 Å². The maximum Gasteiger partial charge on any atom is 0.322 e. The Hall–Kier alpha value is -2.50. The minimum Gasteiger partial charge on any atom is -0.354 e. The fourth-order valence-electron chi connectivity index (χ4n) is 4.32. The van der Waals surface area contributed by atoms with E-state index in [-0.39, 0.29) is 11.9 Å². The summed E-state index contributed by atoms with van der Waals surface area (Å²) in [6.07, 6.45) is 6.04. The summed E-state index contributed by atoms with van der Waals surface area (Å²) >= 11 is 0. The molecule has 3 N–H and O–H groups in total. The van der Waals surface area contributed by atoms with Gasteiger partial charge >= 0.3 is 6.03 Å². The SMILES string of the molecule is CNC(=O)c1cc2cc(NC(=O)N3CC[C@H]4CCCC[C@H]43)ccc2[nH]1. The normalized spacial score (nSPS) is 22.7. The minimum absolute atomic E-state index is 0.00388. The first-order valence-corrected chi connectivity index (χ1v) is 9.08. The number of nitrogens with one attached hydrogen (secondary N) is 3. The summed E-state index contributed by atoms with van der Waals surface area (Å²) in [5.41, 5.74) is 2.16. The van der Waals surface area contributed by atoms with E-state index >= 15 is 0 Å². The van der Waals surface area contributed by atoms with Crippen LogP contribution in [-0.4, -0.2) is 41.5 Å². The fourth-order valence-corrected chi connectivity index (χ4v) is 4.32. The summed E-state index contributed by atoms with van der Waals surface area (Å²) in [5.74, 6) is 0.531. The third-order valence-electron chi connectivity index (χ3n) is 5.61. The lowest BCUT2D eigenvalue weighted by molar-refractivity contribution is 0.0959. The molecular formula is C19H24N4O2. The van der Waals surface area contributed by atoms with Gasteiger partial charge in [-0.2, -0.15) is 0 Å². The number of fused-ring (bicyclic) bond motifs is 2. The van der Waals surface area contributed by atoms with Crippen LogP contribution >= 0.6 is 0 Å². The Morgan fingerprint density at radius 1 is 1.16 bits per heavy atom. The number of H-pyrrole nitrogens is 1. The van der Waals surface area contributed by atoms with E-state index in [0.29, 0.717) is 17.7 Å². The predicted octanol–water partition coefficient (Wildman–Crippen LogP) is 3.32. The molecule has 6 nitrogen and oxygen atoms in total. The number of anilines is 1. The molecule has 1 aromatic heterocycles. The predicted molar refractivity (Wildman–Crippen MR) is 97.8 cm³/mol. The van der Waals surface area contributed by atoms with E-state index in [1.165, 1.54) is 19.3 Å². The van der Waals surface area contributed by atoms with Crippen molar-refractivity contribution >= 4 is 28.5 Å². The van der Waals surface area contributed by atoms with Gasteiger partial charge in [0.2, 0.25) is 0 Å². The molecule has 1 aliphatic heterocycles. The van der Waals surface area contributed by atoms with Crippen LogP contribution < -0.4 is 10.6 Å². The van der Waals surface area contributed by atoms with Crippen molar-refractivity contribution in [1.29, 1.82) is 0 Å². The number of hydrogen-bond donors (Lipinski definition) is 3. The second kappa shape index (κ2) is 6.43. The zero-order valence-corrected chi connectivity index (χ0v) is 14.5. The second-order valence-corrected chi connectivity index (χ2v) is 7.09. The molecule has 1 aliphatic carbocycles. The van der Waals surface area contributed by atoms with Crippen molar-refractivity contribution < 1.29 is 9.59 Å². The van der Waals surface area contributed by atoms with Crippen molar-refractivity contribution in [1.82, 2.24) is 15.2 Å². The Balaban J connectivity index is 1.50. The van der Waals surface area contributed by atoms with Crippen LogP contribution in [0.25, 0.3) is 10.9 Å². The van der Waals surface area contributed by atoms with Crippen LogP contribution in [0.5, 0.6) is 0 Å². The third-order valence-corrected chi connectivity index (χ3v) is 5.61. The number of likely N-dealkylation sites (tertiary alicyclic amines) is 1. The lowest BCUT2D eigenvalue weighted by atomic mass is 9.85. The van der Waals surface area contributed by atoms with Crippen LogP contribution in [0.15, 0.2) is 24.3 Å². The van der Waals surface area contributed by atoms with Crippen molar-refractivity contribution in [2.24, 2.45) is 5.92 Å². The van der Waals surface area contributed by atoms with E-state index in [0.717, 1.165) is 36.0 Å². The molecule has 2 aliphatic rings. The average Bonchev–Trinajstić information content (AvgIpc) is 3.24. The average molecular weight is 340 g/mol. The Morgan fingerprint density at radius 3 is 2.84 bits per heavy atom. The van der Waals surface area contributed by atoms with Gasteiger partial charge in [-0.15, -0.1) is 0 Å². The molecule has 0 bridgehead atoms. The van der Waals surface area contributed by atoms with Gasteiger partial charge in [-0.05, 0) is 49.4 Å². The first kappa shape index (κ1) is 16.0. The standard InChI is InChI=1S/C19H24N4O2/c1-20-18(24)16-11-13-10-14(6-7-15(13)22-16)21-19(25)23-9-8-12-4-2-3-5-17(12)23/h6-7,10-12,17,22H,2-5,8-9H2,1H3,(H,20,24)(H,21,25)/t12-,17-/m1/s1. The lowest BCUT2D eigenvalue weighted by Gasteiger charge is -2.31. The number of aromatic amines is 1. The summed E-state index contributed by atoms with van der Waals surface area (Å²) in [6.45, 7) is 0.856. The largest absolute Gasteiger partial charge is 0.354 e. The number of carbonyl (C=O) groups excluding carboxylic acids is 2. The maximum atomic E-state index is 12.7. The zero-order valence-electron chi connectivity index (χ0n) is 14.5. The highest BCUT2D eigenvalue weighted by Gasteiger charge is 2.38. The maximum absolute atomic E-state index is 12.7. The molecule has 2 aromatic rings. The Bertz CT molecular complexity index is 813. The molecule has 3 amide bonds. The van der Waals surface area contributed by atoms with Gasteiger partial charge in [0, 0.05) is 36.2 Å². The van der Waals surface area contributed by atoms with E-state index in [9.17, 15) is 9.59 Å². The number of urea groups is 1. The molecule has 6 heteroatoms. The molecule has 1 saturated heterocycles. The summed E-state index contributed by atoms with van der Waals surface area (Å²) < 4.78 is 0. The van der Waals surface area contributed by atoms with Crippen molar-refractivity contribution in [3.05, 3.63) is 30.0 Å². The van der Waals surface area contributed by atoms with E-state index in [1.807, 2.05) is 23.1 Å². The molecule has 4 rings (SSSR count). The zero-order chi connectivity index (χ0) is 17.4. The van der Waals surface area contributed by atoms with E-state index in [2.05, 4.69) is 15.6 Å². The monoisotopic (exact) mass is 340 g/mol. The van der Waals surface area contributed by atoms with E-state index < -0.39 is 0 Å². The summed E-state index contributed by atoms with van der Waals surface area (Å²) in [7, 11) is 1.61. The van der Waals surface area contributed by atoms with E-state index in [1.54, 1.807) is 13.1 Å². The Morgan fingerprint density at radius 2 is 2.00 bits per heavy atom. The Kier molecular flexibility index (Phi) is 4.11. The molecule has 0 radical (unpaired) electrons. The molecule has 2 heterocycles. The van der Waals surface area contributed by atoms with Crippen molar-refractivity contribution in [3.8, 4) is 0 Å². The Labute approximate surface area is 147 Å². The van der Waals surface area contributed by atoms with Gasteiger partial charge in [-0.3, -0.25) is 4.79 Å². The van der Waals surface area contributed by atoms with Crippen LogP contribution in [0.4, 0.5) is 10.5 Å². The number of hydrogen-bond acceptors (Lipinski definition) is 2. The summed E-state index contributed by atoms with van der Waals surface area (Å²) in [6, 6.07) is 7.88. The number of carbonyl (C=O) groups is 2. The van der Waals surface area contributed by atoms with Crippen LogP contribution in [0.1, 0.15) is 42.6 Å². The molecule has 25 heavy (non-hydrogen) atoms. The van der Waals surface area contributed by atoms with Crippen LogP contribution in [-0.2, 0) is 0 Å². The quantitative estimate of drug-likeness (QED) is 0.784. The first-order chi connectivity index (χ1) is 12.2. The molecule has 132 valence electrons. The lowest BCUT2D eigenvalue weighted by Crippen LogP contribution is -2.41. The van der Waals surface area contributed by atoms with Gasteiger partial charge < -0.3 is 20.5 Å². The highest BCUT2D eigenvalue weighted by Crippen LogP contribution is 2.36. The number of nitrogens with zero attached hydrogens (tertiary/aromatic N) is 1. The van der Waals surface area contributed by atoms with Gasteiger partial charge in [0.05, 0.1) is 0 Å². The number of rotatable bonds is 2. The fraction of sp³-hybridized carbons (Fsp3) is 0.474. The highest BCUT2D eigenvalue weighted by atomic mass is 16.2. The molecule has 1 saturated carbocycles. The topological polar surface area (TPSA) is 77.2 Å². The summed E-state index contributed by atoms with van der Waals surface area (Å²) in [5, 5.41) is 6.55. The van der Waals surface area contributed by atoms with Gasteiger partial charge in [0.25, 0.3) is 5.91 Å². The van der Waals surface area contributed by atoms with E-state index in [4.69, 9.17) is 0 Å². The molecule has 0 unspecified atom stereocenters. The highest BCUT2D eigenvalue weighted by molar-refractivity contribution is 5.99. The van der Waals surface area contributed by atoms with Gasteiger partial charge in [0.15, 0.2) is 0 Å². The number of amides is 3. The number of benzene rings is 1. The molecular weight excluding hydrogens is 316 g/mol. The second-order valence-electron chi connectivity index (χ2n) is 7.09. The number of aromatic nitrogens is 1. The third kappa shape index (κ3) is 2.97. The summed E-state index contributed by atoms with van der Waals surface area (Å²) in [4.78, 5) is 29.5. The van der Waals surface area contributed by atoms with Crippen LogP contribution in [0.2, 0.25) is 0 Å². The molecule has 2 atom stereocenters. The van der Waals surface area contributed by atoms with Crippen LogP contribution in [0.3, 0.4) is 0 Å².